The number of hydrogen-bond acceptors (Lipinski definition) is 1. The van der Waals surface area contributed by atoms with Gasteiger partial charge >= 0.3 is 0 Å². The molecule has 238 valence electrons. The van der Waals surface area contributed by atoms with Gasteiger partial charge in [-0.15, -0.1) is 0 Å². The summed E-state index contributed by atoms with van der Waals surface area (Å²) in [7, 11) is 0. The Bertz CT molecular complexity index is 2830. The summed E-state index contributed by atoms with van der Waals surface area (Å²) in [5.74, 6) is 0. The van der Waals surface area contributed by atoms with Crippen molar-refractivity contribution in [3.8, 4) is 55.6 Å². The Morgan fingerprint density at radius 3 is 1.41 bits per heavy atom. The number of fused-ring (bicyclic) bond motifs is 5. The first-order chi connectivity index (χ1) is 25.3. The fourth-order valence-corrected chi connectivity index (χ4v) is 8.00. The monoisotopic (exact) mass is 648 g/mol. The van der Waals surface area contributed by atoms with Crippen molar-refractivity contribution in [2.24, 2.45) is 0 Å². The van der Waals surface area contributed by atoms with Crippen molar-refractivity contribution in [1.29, 1.82) is 0 Å². The summed E-state index contributed by atoms with van der Waals surface area (Å²) in [5.41, 5.74) is 13.9. The van der Waals surface area contributed by atoms with Gasteiger partial charge in [-0.25, -0.2) is 0 Å². The first-order valence-electron chi connectivity index (χ1n) is 17.5. The molecule has 0 atom stereocenters. The van der Waals surface area contributed by atoms with Gasteiger partial charge in [0.15, 0.2) is 0 Å². The molecule has 0 radical (unpaired) electrons. The summed E-state index contributed by atoms with van der Waals surface area (Å²) in [6, 6.07) is 69.9. The van der Waals surface area contributed by atoms with E-state index in [0.29, 0.717) is 0 Å². The first kappa shape index (κ1) is 29.2. The van der Waals surface area contributed by atoms with Crippen LogP contribution in [0.2, 0.25) is 0 Å². The van der Waals surface area contributed by atoms with Gasteiger partial charge in [0, 0.05) is 10.8 Å². The molecule has 1 nitrogen and oxygen atoms in total. The molecule has 1 aromatic heterocycles. The quantitative estimate of drug-likeness (QED) is 0.169. The number of benzene rings is 9. The lowest BCUT2D eigenvalue weighted by molar-refractivity contribution is 0.669. The maximum Gasteiger partial charge on any atom is 0.136 e. The molecule has 0 saturated heterocycles. The van der Waals surface area contributed by atoms with E-state index < -0.39 is 0 Å². The van der Waals surface area contributed by atoms with Gasteiger partial charge in [0.1, 0.15) is 11.2 Å². The van der Waals surface area contributed by atoms with Crippen molar-refractivity contribution < 1.29 is 4.42 Å². The average molecular weight is 649 g/mol. The molecule has 0 aliphatic carbocycles. The first-order valence-corrected chi connectivity index (χ1v) is 17.5. The molecule has 0 unspecified atom stereocenters. The summed E-state index contributed by atoms with van der Waals surface area (Å²) in [6.07, 6.45) is 0. The van der Waals surface area contributed by atoms with Crippen molar-refractivity contribution in [2.75, 3.05) is 0 Å². The molecule has 0 aliphatic rings. The van der Waals surface area contributed by atoms with Gasteiger partial charge in [-0.1, -0.05) is 170 Å². The molecule has 0 fully saturated rings. The molecule has 0 bridgehead atoms. The molecule has 0 N–H and O–H groups in total. The van der Waals surface area contributed by atoms with E-state index in [2.05, 4.69) is 194 Å². The molecule has 51 heavy (non-hydrogen) atoms. The summed E-state index contributed by atoms with van der Waals surface area (Å²) >= 11 is 0. The van der Waals surface area contributed by atoms with Crippen LogP contribution in [-0.4, -0.2) is 0 Å². The van der Waals surface area contributed by atoms with Gasteiger partial charge in [-0.05, 0) is 101 Å². The molecule has 9 aromatic carbocycles. The third-order valence-corrected chi connectivity index (χ3v) is 10.3. The third kappa shape index (κ3) is 4.86. The van der Waals surface area contributed by atoms with Gasteiger partial charge in [-0.2, -0.15) is 0 Å². The molecule has 1 heteroatoms. The second-order valence-electron chi connectivity index (χ2n) is 13.2. The minimum atomic E-state index is 0.897. The van der Waals surface area contributed by atoms with Gasteiger partial charge < -0.3 is 4.42 Å². The average Bonchev–Trinajstić information content (AvgIpc) is 3.59. The second kappa shape index (κ2) is 12.0. The Morgan fingerprint density at radius 2 is 0.784 bits per heavy atom. The smallest absolute Gasteiger partial charge is 0.136 e. The minimum absolute atomic E-state index is 0.897. The number of rotatable bonds is 5. The maximum atomic E-state index is 6.53. The van der Waals surface area contributed by atoms with Crippen LogP contribution in [-0.2, 0) is 0 Å². The molecule has 1 heterocycles. The van der Waals surface area contributed by atoms with E-state index in [1.165, 1.54) is 77.2 Å². The van der Waals surface area contributed by atoms with E-state index in [1.54, 1.807) is 0 Å². The van der Waals surface area contributed by atoms with Crippen LogP contribution in [0.25, 0.3) is 99.1 Å². The van der Waals surface area contributed by atoms with E-state index in [9.17, 15) is 0 Å². The van der Waals surface area contributed by atoms with Crippen molar-refractivity contribution in [3.05, 3.63) is 194 Å². The standard InChI is InChI=1S/C50H32O/c1-4-15-33(16-5-1)36-28-30-46-45(31-36)50-43(25-14-26-47(50)51-46)49-41-23-12-10-21-39(41)48(40-22-11-13-24-42(40)49)37-27-29-38(34-17-6-2-7-18-34)44(32-37)35-19-8-3-9-20-35/h1-32H. The predicted molar refractivity (Wildman–Crippen MR) is 216 cm³/mol. The highest BCUT2D eigenvalue weighted by Crippen LogP contribution is 2.48. The topological polar surface area (TPSA) is 13.1 Å². The Morgan fingerprint density at radius 1 is 0.255 bits per heavy atom. The molecular weight excluding hydrogens is 617 g/mol. The van der Waals surface area contributed by atoms with E-state index in [0.717, 1.165) is 21.9 Å². The highest BCUT2D eigenvalue weighted by molar-refractivity contribution is 6.26. The zero-order valence-corrected chi connectivity index (χ0v) is 27.9. The van der Waals surface area contributed by atoms with Gasteiger partial charge in [0.25, 0.3) is 0 Å². The molecule has 0 saturated carbocycles. The highest BCUT2D eigenvalue weighted by Gasteiger charge is 2.21. The normalized spacial score (nSPS) is 11.5. The summed E-state index contributed by atoms with van der Waals surface area (Å²) in [5, 5.41) is 7.18. The largest absolute Gasteiger partial charge is 0.456 e. The molecule has 0 amide bonds. The Balaban J connectivity index is 1.26. The number of hydrogen-bond donors (Lipinski definition) is 0. The van der Waals surface area contributed by atoms with Crippen LogP contribution in [0.5, 0.6) is 0 Å². The highest BCUT2D eigenvalue weighted by atomic mass is 16.3. The Labute approximate surface area is 296 Å². The summed E-state index contributed by atoms with van der Waals surface area (Å²) in [6.45, 7) is 0. The zero-order chi connectivity index (χ0) is 33.7. The van der Waals surface area contributed by atoms with Crippen molar-refractivity contribution in [3.63, 3.8) is 0 Å². The van der Waals surface area contributed by atoms with E-state index in [1.807, 2.05) is 0 Å². The van der Waals surface area contributed by atoms with Crippen LogP contribution in [0, 0.1) is 0 Å². The molecule has 10 rings (SSSR count). The number of furan rings is 1. The molecular formula is C50H32O. The Kier molecular flexibility index (Phi) is 6.89. The van der Waals surface area contributed by atoms with Crippen LogP contribution in [0.3, 0.4) is 0 Å². The van der Waals surface area contributed by atoms with E-state index in [-0.39, 0.29) is 0 Å². The van der Waals surface area contributed by atoms with Crippen LogP contribution in [0.1, 0.15) is 0 Å². The minimum Gasteiger partial charge on any atom is -0.456 e. The maximum absolute atomic E-state index is 6.53. The van der Waals surface area contributed by atoms with Crippen molar-refractivity contribution in [1.82, 2.24) is 0 Å². The zero-order valence-electron chi connectivity index (χ0n) is 27.9. The fraction of sp³-hybridized carbons (Fsp3) is 0. The summed E-state index contributed by atoms with van der Waals surface area (Å²) in [4.78, 5) is 0. The lowest BCUT2D eigenvalue weighted by Crippen LogP contribution is -1.93. The second-order valence-corrected chi connectivity index (χ2v) is 13.2. The lowest BCUT2D eigenvalue weighted by Gasteiger charge is -2.19. The molecule has 10 aromatic rings. The van der Waals surface area contributed by atoms with Gasteiger partial charge in [-0.3, -0.25) is 0 Å². The van der Waals surface area contributed by atoms with Gasteiger partial charge in [0.05, 0.1) is 0 Å². The fourth-order valence-electron chi connectivity index (χ4n) is 8.00. The van der Waals surface area contributed by atoms with E-state index in [4.69, 9.17) is 4.42 Å². The van der Waals surface area contributed by atoms with Crippen molar-refractivity contribution in [2.45, 2.75) is 0 Å². The van der Waals surface area contributed by atoms with Crippen LogP contribution < -0.4 is 0 Å². The van der Waals surface area contributed by atoms with Crippen molar-refractivity contribution >= 4 is 43.5 Å². The Hall–Kier alpha value is -6.70. The third-order valence-electron chi connectivity index (χ3n) is 10.3. The van der Waals surface area contributed by atoms with Crippen LogP contribution >= 0.6 is 0 Å². The molecule has 0 aliphatic heterocycles. The van der Waals surface area contributed by atoms with Crippen LogP contribution in [0.4, 0.5) is 0 Å². The lowest BCUT2D eigenvalue weighted by atomic mass is 9.83. The molecule has 0 spiro atoms. The van der Waals surface area contributed by atoms with E-state index >= 15 is 0 Å². The van der Waals surface area contributed by atoms with Gasteiger partial charge in [0.2, 0.25) is 0 Å². The summed E-state index contributed by atoms with van der Waals surface area (Å²) < 4.78 is 6.53. The predicted octanol–water partition coefficient (Wildman–Crippen LogP) is 14.2. The van der Waals surface area contributed by atoms with Crippen LogP contribution in [0.15, 0.2) is 199 Å². The SMILES string of the molecule is c1ccc(-c2ccc3oc4cccc(-c5c6ccccc6c(-c6ccc(-c7ccccc7)c(-c7ccccc7)c6)c6ccccc56)c4c3c2)cc1.